The molecular formula is C12H18BFN2O2. The molecule has 1 aromatic heterocycles. The highest BCUT2D eigenvalue weighted by molar-refractivity contribution is 6.62. The number of rotatable bonds is 2. The van der Waals surface area contributed by atoms with Gasteiger partial charge >= 0.3 is 7.12 Å². The quantitative estimate of drug-likeness (QED) is 0.640. The van der Waals surface area contributed by atoms with Crippen LogP contribution in [0.15, 0.2) is 12.1 Å². The smallest absolute Gasteiger partial charge is 0.399 e. The third kappa shape index (κ3) is 2.22. The topological polar surface area (TPSA) is 43.4 Å². The van der Waals surface area contributed by atoms with Crippen molar-refractivity contribution in [1.82, 2.24) is 4.98 Å². The second-order valence-electron chi connectivity index (χ2n) is 5.45. The number of hydrogen-bond acceptors (Lipinski definition) is 4. The maximum Gasteiger partial charge on any atom is 0.495 e. The molecule has 0 spiro atoms. The zero-order valence-corrected chi connectivity index (χ0v) is 11.4. The molecule has 0 amide bonds. The Labute approximate surface area is 107 Å². The summed E-state index contributed by atoms with van der Waals surface area (Å²) in [6.45, 7) is 7.85. The van der Waals surface area contributed by atoms with Gasteiger partial charge in [-0.1, -0.05) is 0 Å². The number of hydrogen-bond donors (Lipinski definition) is 1. The van der Waals surface area contributed by atoms with Gasteiger partial charge in [-0.05, 0) is 45.3 Å². The molecule has 6 heteroatoms. The van der Waals surface area contributed by atoms with Gasteiger partial charge in [0.15, 0.2) is 0 Å². The van der Waals surface area contributed by atoms with Crippen molar-refractivity contribution >= 4 is 18.4 Å². The lowest BCUT2D eigenvalue weighted by molar-refractivity contribution is 0.00578. The van der Waals surface area contributed by atoms with Gasteiger partial charge in [-0.2, -0.15) is 4.39 Å². The summed E-state index contributed by atoms with van der Waals surface area (Å²) in [5.41, 5.74) is -0.237. The molecule has 18 heavy (non-hydrogen) atoms. The van der Waals surface area contributed by atoms with Gasteiger partial charge < -0.3 is 14.6 Å². The number of nitrogens with zero attached hydrogens (tertiary/aromatic N) is 1. The largest absolute Gasteiger partial charge is 0.495 e. The fourth-order valence-electron chi connectivity index (χ4n) is 1.76. The first-order valence-electron chi connectivity index (χ1n) is 5.96. The van der Waals surface area contributed by atoms with E-state index in [-0.39, 0.29) is 0 Å². The summed E-state index contributed by atoms with van der Waals surface area (Å²) in [5, 5.41) is 2.81. The van der Waals surface area contributed by atoms with E-state index >= 15 is 0 Å². The third-order valence-corrected chi connectivity index (χ3v) is 3.60. The van der Waals surface area contributed by atoms with E-state index in [1.165, 1.54) is 6.07 Å². The maximum atomic E-state index is 13.4. The standard InChI is InChI=1S/C12H18BFN2O2/c1-11(2)12(3,4)18-13(17-11)8-6-9(14)16-10(7-8)15-5/h6-7H,1-5H3,(H,15,16). The van der Waals surface area contributed by atoms with Crippen LogP contribution in [-0.4, -0.2) is 30.4 Å². The Hall–Kier alpha value is -1.14. The SMILES string of the molecule is CNc1cc(B2OC(C)(C)C(C)(C)O2)cc(F)n1. The van der Waals surface area contributed by atoms with E-state index < -0.39 is 24.3 Å². The molecule has 1 N–H and O–H groups in total. The first-order valence-corrected chi connectivity index (χ1v) is 5.96. The number of pyridine rings is 1. The summed E-state index contributed by atoms with van der Waals surface area (Å²) in [5.74, 6) is -0.0914. The summed E-state index contributed by atoms with van der Waals surface area (Å²) in [6.07, 6.45) is 0. The van der Waals surface area contributed by atoms with Crippen molar-refractivity contribution in [3.8, 4) is 0 Å². The molecular weight excluding hydrogens is 234 g/mol. The molecule has 0 radical (unpaired) electrons. The van der Waals surface area contributed by atoms with Crippen LogP contribution in [0.1, 0.15) is 27.7 Å². The molecule has 0 unspecified atom stereocenters. The Morgan fingerprint density at radius 3 is 2.22 bits per heavy atom. The summed E-state index contributed by atoms with van der Waals surface area (Å²) < 4.78 is 25.1. The molecule has 0 atom stereocenters. The Kier molecular flexibility index (Phi) is 3.11. The average Bonchev–Trinajstić information content (AvgIpc) is 2.47. The number of aromatic nitrogens is 1. The molecule has 98 valence electrons. The Morgan fingerprint density at radius 1 is 1.17 bits per heavy atom. The Morgan fingerprint density at radius 2 is 1.72 bits per heavy atom. The van der Waals surface area contributed by atoms with E-state index in [1.807, 2.05) is 27.7 Å². The second kappa shape index (κ2) is 4.21. The van der Waals surface area contributed by atoms with Crippen molar-refractivity contribution in [1.29, 1.82) is 0 Å². The number of halogens is 1. The van der Waals surface area contributed by atoms with E-state index in [1.54, 1.807) is 13.1 Å². The fraction of sp³-hybridized carbons (Fsp3) is 0.583. The molecule has 0 aromatic carbocycles. The van der Waals surface area contributed by atoms with E-state index in [2.05, 4.69) is 10.3 Å². The van der Waals surface area contributed by atoms with Gasteiger partial charge in [0.05, 0.1) is 11.2 Å². The lowest BCUT2D eigenvalue weighted by atomic mass is 9.79. The highest BCUT2D eigenvalue weighted by Crippen LogP contribution is 2.36. The molecule has 1 aromatic rings. The summed E-state index contributed by atoms with van der Waals surface area (Å²) in [4.78, 5) is 3.71. The van der Waals surface area contributed by atoms with Gasteiger partial charge in [0.1, 0.15) is 5.82 Å². The van der Waals surface area contributed by atoms with Gasteiger partial charge in [0, 0.05) is 7.05 Å². The first-order chi connectivity index (χ1) is 8.25. The minimum atomic E-state index is -0.570. The van der Waals surface area contributed by atoms with Crippen LogP contribution in [0.4, 0.5) is 10.2 Å². The molecule has 2 rings (SSSR count). The Balaban J connectivity index is 2.32. The predicted molar refractivity (Wildman–Crippen MR) is 69.5 cm³/mol. The second-order valence-corrected chi connectivity index (χ2v) is 5.45. The van der Waals surface area contributed by atoms with Gasteiger partial charge in [0.25, 0.3) is 0 Å². The van der Waals surface area contributed by atoms with Crippen molar-refractivity contribution in [3.63, 3.8) is 0 Å². The minimum absolute atomic E-state index is 0.433. The molecule has 0 aliphatic carbocycles. The van der Waals surface area contributed by atoms with Gasteiger partial charge in [-0.3, -0.25) is 0 Å². The lowest BCUT2D eigenvalue weighted by Crippen LogP contribution is -2.41. The molecule has 1 saturated heterocycles. The zero-order valence-electron chi connectivity index (χ0n) is 11.4. The molecule has 0 bridgehead atoms. The van der Waals surface area contributed by atoms with E-state index in [0.717, 1.165) is 0 Å². The number of anilines is 1. The lowest BCUT2D eigenvalue weighted by Gasteiger charge is -2.32. The summed E-state index contributed by atoms with van der Waals surface area (Å²) >= 11 is 0. The fourth-order valence-corrected chi connectivity index (χ4v) is 1.76. The van der Waals surface area contributed by atoms with Crippen LogP contribution in [0.3, 0.4) is 0 Å². The Bertz CT molecular complexity index is 449. The molecule has 1 aliphatic heterocycles. The molecule has 1 fully saturated rings. The van der Waals surface area contributed by atoms with Crippen LogP contribution in [0.5, 0.6) is 0 Å². The molecule has 2 heterocycles. The minimum Gasteiger partial charge on any atom is -0.399 e. The molecule has 4 nitrogen and oxygen atoms in total. The summed E-state index contributed by atoms with van der Waals surface area (Å²) in [6, 6.07) is 3.06. The monoisotopic (exact) mass is 252 g/mol. The zero-order chi connectivity index (χ0) is 13.6. The van der Waals surface area contributed by atoms with E-state index in [4.69, 9.17) is 9.31 Å². The van der Waals surface area contributed by atoms with Crippen LogP contribution < -0.4 is 10.8 Å². The van der Waals surface area contributed by atoms with E-state index in [9.17, 15) is 4.39 Å². The van der Waals surface area contributed by atoms with Gasteiger partial charge in [0.2, 0.25) is 5.95 Å². The average molecular weight is 252 g/mol. The highest BCUT2D eigenvalue weighted by atomic mass is 19.1. The number of nitrogens with one attached hydrogen (secondary N) is 1. The van der Waals surface area contributed by atoms with Crippen molar-refractivity contribution in [2.45, 2.75) is 38.9 Å². The van der Waals surface area contributed by atoms with Crippen LogP contribution in [0.25, 0.3) is 0 Å². The molecule has 1 aliphatic rings. The normalized spacial score (nSPS) is 21.1. The van der Waals surface area contributed by atoms with Crippen LogP contribution in [0, 0.1) is 5.95 Å². The highest BCUT2D eigenvalue weighted by Gasteiger charge is 2.51. The third-order valence-electron chi connectivity index (χ3n) is 3.60. The van der Waals surface area contributed by atoms with Crippen LogP contribution >= 0.6 is 0 Å². The predicted octanol–water partition coefficient (Wildman–Crippen LogP) is 1.56. The summed E-state index contributed by atoms with van der Waals surface area (Å²) in [7, 11) is 1.12. The van der Waals surface area contributed by atoms with Crippen molar-refractivity contribution in [2.24, 2.45) is 0 Å². The van der Waals surface area contributed by atoms with E-state index in [0.29, 0.717) is 11.3 Å². The van der Waals surface area contributed by atoms with Crippen LogP contribution in [-0.2, 0) is 9.31 Å². The van der Waals surface area contributed by atoms with Crippen molar-refractivity contribution in [2.75, 3.05) is 12.4 Å². The van der Waals surface area contributed by atoms with Gasteiger partial charge in [-0.15, -0.1) is 0 Å². The van der Waals surface area contributed by atoms with Crippen molar-refractivity contribution in [3.05, 3.63) is 18.1 Å². The van der Waals surface area contributed by atoms with Crippen molar-refractivity contribution < 1.29 is 13.7 Å². The van der Waals surface area contributed by atoms with Crippen LogP contribution in [0.2, 0.25) is 0 Å². The molecule has 0 saturated carbocycles. The van der Waals surface area contributed by atoms with Gasteiger partial charge in [-0.25, -0.2) is 4.98 Å². The maximum absolute atomic E-state index is 13.4. The first kappa shape index (κ1) is 13.3.